The van der Waals surface area contributed by atoms with E-state index in [9.17, 15) is 0 Å². The molecule has 3 nitrogen and oxygen atoms in total. The van der Waals surface area contributed by atoms with E-state index in [4.69, 9.17) is 5.73 Å². The SMILES string of the molecule is CCc1cc(/C=C2\CCCC(N)C2)n(CC)n1. The molecule has 2 N–H and O–H groups in total. The third-order valence-corrected chi connectivity index (χ3v) is 3.47. The van der Waals surface area contributed by atoms with Gasteiger partial charge in [0.1, 0.15) is 0 Å². The quantitative estimate of drug-likeness (QED) is 0.872. The van der Waals surface area contributed by atoms with Gasteiger partial charge in [-0.1, -0.05) is 12.5 Å². The molecule has 1 atom stereocenters. The van der Waals surface area contributed by atoms with E-state index < -0.39 is 0 Å². The standard InChI is InChI=1S/C14H23N3/c1-3-13-10-14(17(4-2)16-13)9-11-6-5-7-12(15)8-11/h9-10,12H,3-8,15H2,1-2H3/b11-9+. The zero-order valence-electron chi connectivity index (χ0n) is 10.9. The van der Waals surface area contributed by atoms with Crippen molar-refractivity contribution in [3.8, 4) is 0 Å². The van der Waals surface area contributed by atoms with Crippen LogP contribution in [0.5, 0.6) is 0 Å². The van der Waals surface area contributed by atoms with Gasteiger partial charge in [0.05, 0.1) is 11.4 Å². The van der Waals surface area contributed by atoms with E-state index in [2.05, 4.69) is 35.8 Å². The van der Waals surface area contributed by atoms with Gasteiger partial charge in [0.25, 0.3) is 0 Å². The smallest absolute Gasteiger partial charge is 0.0628 e. The first-order valence-electron chi connectivity index (χ1n) is 6.74. The molecule has 1 unspecified atom stereocenters. The summed E-state index contributed by atoms with van der Waals surface area (Å²) in [4.78, 5) is 0. The molecule has 0 bridgehead atoms. The van der Waals surface area contributed by atoms with Gasteiger partial charge in [0.15, 0.2) is 0 Å². The van der Waals surface area contributed by atoms with Crippen LogP contribution in [0.1, 0.15) is 50.9 Å². The maximum atomic E-state index is 6.02. The van der Waals surface area contributed by atoms with Crippen LogP contribution in [0.25, 0.3) is 6.08 Å². The van der Waals surface area contributed by atoms with Crippen LogP contribution >= 0.6 is 0 Å². The highest BCUT2D eigenvalue weighted by Crippen LogP contribution is 2.24. The molecule has 1 aliphatic rings. The minimum absolute atomic E-state index is 0.360. The highest BCUT2D eigenvalue weighted by Gasteiger charge is 2.13. The number of aryl methyl sites for hydroxylation is 2. The van der Waals surface area contributed by atoms with Crippen LogP contribution in [-0.2, 0) is 13.0 Å². The second-order valence-electron chi connectivity index (χ2n) is 4.89. The third-order valence-electron chi connectivity index (χ3n) is 3.47. The van der Waals surface area contributed by atoms with Crippen LogP contribution in [0.15, 0.2) is 11.6 Å². The first-order valence-corrected chi connectivity index (χ1v) is 6.74. The van der Waals surface area contributed by atoms with E-state index >= 15 is 0 Å². The number of nitrogens with two attached hydrogens (primary N) is 1. The van der Waals surface area contributed by atoms with E-state index in [0.29, 0.717) is 6.04 Å². The number of nitrogens with zero attached hydrogens (tertiary/aromatic N) is 2. The van der Waals surface area contributed by atoms with Crippen LogP contribution in [0.4, 0.5) is 0 Å². The number of rotatable bonds is 3. The molecule has 0 saturated heterocycles. The number of hydrogen-bond acceptors (Lipinski definition) is 2. The highest BCUT2D eigenvalue weighted by molar-refractivity contribution is 5.50. The molecule has 1 aromatic heterocycles. The van der Waals surface area contributed by atoms with Crippen molar-refractivity contribution in [2.75, 3.05) is 0 Å². The van der Waals surface area contributed by atoms with Crippen molar-refractivity contribution in [2.24, 2.45) is 5.73 Å². The fourth-order valence-corrected chi connectivity index (χ4v) is 2.50. The van der Waals surface area contributed by atoms with E-state index in [1.807, 2.05) is 0 Å². The summed E-state index contributed by atoms with van der Waals surface area (Å²) in [5.41, 5.74) is 9.93. The van der Waals surface area contributed by atoms with Gasteiger partial charge in [-0.3, -0.25) is 4.68 Å². The Morgan fingerprint density at radius 2 is 2.35 bits per heavy atom. The van der Waals surface area contributed by atoms with Gasteiger partial charge < -0.3 is 5.73 Å². The average Bonchev–Trinajstić information content (AvgIpc) is 2.71. The molecular formula is C14H23N3. The molecule has 1 heterocycles. The molecule has 0 aliphatic heterocycles. The Labute approximate surface area is 104 Å². The summed E-state index contributed by atoms with van der Waals surface area (Å²) in [5.74, 6) is 0. The van der Waals surface area contributed by atoms with E-state index in [1.165, 1.54) is 36.2 Å². The Balaban J connectivity index is 2.21. The second-order valence-corrected chi connectivity index (χ2v) is 4.89. The van der Waals surface area contributed by atoms with Crippen LogP contribution in [-0.4, -0.2) is 15.8 Å². The van der Waals surface area contributed by atoms with Gasteiger partial charge >= 0.3 is 0 Å². The second kappa shape index (κ2) is 5.50. The Kier molecular flexibility index (Phi) is 4.00. The Morgan fingerprint density at radius 1 is 1.53 bits per heavy atom. The predicted octanol–water partition coefficient (Wildman–Crippen LogP) is 2.75. The third kappa shape index (κ3) is 2.97. The van der Waals surface area contributed by atoms with E-state index in [1.54, 1.807) is 0 Å². The van der Waals surface area contributed by atoms with Gasteiger partial charge in [-0.2, -0.15) is 5.10 Å². The minimum Gasteiger partial charge on any atom is -0.327 e. The van der Waals surface area contributed by atoms with Gasteiger partial charge in [-0.15, -0.1) is 0 Å². The maximum absolute atomic E-state index is 6.02. The Bertz CT molecular complexity index is 404. The summed E-state index contributed by atoms with van der Waals surface area (Å²) in [7, 11) is 0. The number of aromatic nitrogens is 2. The summed E-state index contributed by atoms with van der Waals surface area (Å²) in [6, 6.07) is 2.56. The number of hydrogen-bond donors (Lipinski definition) is 1. The molecule has 2 rings (SSSR count). The monoisotopic (exact) mass is 233 g/mol. The normalized spacial score (nSPS) is 23.2. The van der Waals surface area contributed by atoms with Gasteiger partial charge in [-0.05, 0) is 51.2 Å². The first kappa shape index (κ1) is 12.4. The van der Waals surface area contributed by atoms with Crippen LogP contribution < -0.4 is 5.73 Å². The molecule has 1 fully saturated rings. The Morgan fingerprint density at radius 3 is 3.00 bits per heavy atom. The lowest BCUT2D eigenvalue weighted by Crippen LogP contribution is -2.23. The molecule has 0 spiro atoms. The summed E-state index contributed by atoms with van der Waals surface area (Å²) < 4.78 is 2.09. The van der Waals surface area contributed by atoms with Crippen molar-refractivity contribution in [2.45, 2.75) is 58.5 Å². The Hall–Kier alpha value is -1.09. The molecule has 0 aromatic carbocycles. The van der Waals surface area contributed by atoms with Crippen molar-refractivity contribution in [3.63, 3.8) is 0 Å². The highest BCUT2D eigenvalue weighted by atomic mass is 15.3. The largest absolute Gasteiger partial charge is 0.327 e. The lowest BCUT2D eigenvalue weighted by molar-refractivity contribution is 0.519. The molecule has 3 heteroatoms. The molecule has 0 radical (unpaired) electrons. The molecule has 94 valence electrons. The van der Waals surface area contributed by atoms with Gasteiger partial charge in [0.2, 0.25) is 0 Å². The molecular weight excluding hydrogens is 210 g/mol. The van der Waals surface area contributed by atoms with Crippen molar-refractivity contribution in [1.29, 1.82) is 0 Å². The van der Waals surface area contributed by atoms with Gasteiger partial charge in [0, 0.05) is 12.6 Å². The summed E-state index contributed by atoms with van der Waals surface area (Å²) in [5, 5.41) is 4.57. The van der Waals surface area contributed by atoms with Crippen LogP contribution in [0.2, 0.25) is 0 Å². The summed E-state index contributed by atoms with van der Waals surface area (Å²) in [6.45, 7) is 5.22. The minimum atomic E-state index is 0.360. The summed E-state index contributed by atoms with van der Waals surface area (Å²) in [6.07, 6.45) is 7.95. The van der Waals surface area contributed by atoms with Crippen molar-refractivity contribution in [3.05, 3.63) is 23.0 Å². The topological polar surface area (TPSA) is 43.8 Å². The molecule has 0 amide bonds. The van der Waals surface area contributed by atoms with Crippen LogP contribution in [0.3, 0.4) is 0 Å². The zero-order valence-corrected chi connectivity index (χ0v) is 10.9. The van der Waals surface area contributed by atoms with Crippen molar-refractivity contribution < 1.29 is 0 Å². The lowest BCUT2D eigenvalue weighted by Gasteiger charge is -2.20. The molecule has 1 aliphatic carbocycles. The van der Waals surface area contributed by atoms with Crippen molar-refractivity contribution in [1.82, 2.24) is 9.78 Å². The first-order chi connectivity index (χ1) is 8.22. The fraction of sp³-hybridized carbons (Fsp3) is 0.643. The summed E-state index contributed by atoms with van der Waals surface area (Å²) >= 11 is 0. The van der Waals surface area contributed by atoms with E-state index in [0.717, 1.165) is 19.4 Å². The predicted molar refractivity (Wildman–Crippen MR) is 71.7 cm³/mol. The molecule has 1 aromatic rings. The average molecular weight is 233 g/mol. The fourth-order valence-electron chi connectivity index (χ4n) is 2.50. The molecule has 17 heavy (non-hydrogen) atoms. The maximum Gasteiger partial charge on any atom is 0.0628 e. The van der Waals surface area contributed by atoms with Crippen LogP contribution in [0, 0.1) is 0 Å². The zero-order chi connectivity index (χ0) is 12.3. The molecule has 1 saturated carbocycles. The lowest BCUT2D eigenvalue weighted by atomic mass is 9.90. The van der Waals surface area contributed by atoms with Gasteiger partial charge in [-0.25, -0.2) is 0 Å². The van der Waals surface area contributed by atoms with E-state index in [-0.39, 0.29) is 0 Å². The van der Waals surface area contributed by atoms with Crippen molar-refractivity contribution >= 4 is 6.08 Å².